The zero-order valence-corrected chi connectivity index (χ0v) is 27.5. The number of allylic oxidation sites excluding steroid dienone is 1. The summed E-state index contributed by atoms with van der Waals surface area (Å²) in [5, 5.41) is 28.8. The van der Waals surface area contributed by atoms with Crippen molar-refractivity contribution < 1.29 is 105 Å². The average Bonchev–Trinajstić information content (AvgIpc) is 2.76. The van der Waals surface area contributed by atoms with Gasteiger partial charge in [0.05, 0.1) is 30.1 Å². The van der Waals surface area contributed by atoms with Crippen molar-refractivity contribution in [1.82, 2.24) is 5.32 Å². The van der Waals surface area contributed by atoms with Crippen molar-refractivity contribution >= 4 is 74.4 Å². The molecule has 0 aromatic rings. The number of carboxylic acids is 3. The van der Waals surface area contributed by atoms with Gasteiger partial charge in [-0.05, 0) is 13.8 Å². The molecule has 4 unspecified atom stereocenters. The molecule has 4 atom stereocenters. The van der Waals surface area contributed by atoms with Crippen LogP contribution in [0.2, 0.25) is 0 Å². The molecule has 0 fully saturated rings. The summed E-state index contributed by atoms with van der Waals surface area (Å²) in [5.41, 5.74) is 12.3. The first kappa shape index (κ1) is 52.7. The standard InChI is InChI=1S/C6H11NO2S.C5H11NO2S.2C3H7NO2S.2ClH.Na/c1-4(2)7-5(3-10)6(8)9;1-2-8-5(7)4(6)3-9;2*4-2(1-7)3(5)6;;;/h5,7,10H,1,3H2,2H3,(H,8,9);4,9H,2-3,6H2,1H3;2*2,7H,1,4H2,(H,5,6);2*1H;/q;;;;;;+1/p-1. The number of halogens is 2. The second-order valence-corrected chi connectivity index (χ2v) is 7.42. The van der Waals surface area contributed by atoms with E-state index >= 15 is 0 Å². The fraction of sp³-hybridized carbons (Fsp3) is 0.647. The second-order valence-electron chi connectivity index (χ2n) is 5.96. The van der Waals surface area contributed by atoms with E-state index in [1.165, 1.54) is 0 Å². The Morgan fingerprint density at radius 2 is 1.39 bits per heavy atom. The molecule has 0 aromatic carbocycles. The average molecular weight is 648 g/mol. The fourth-order valence-electron chi connectivity index (χ4n) is 0.970. The van der Waals surface area contributed by atoms with Crippen molar-refractivity contribution in [1.29, 1.82) is 0 Å². The van der Waals surface area contributed by atoms with Crippen LogP contribution in [0, 0.1) is 0 Å². The van der Waals surface area contributed by atoms with Gasteiger partial charge in [-0.1, -0.05) is 6.58 Å². The van der Waals surface area contributed by atoms with Gasteiger partial charge < -0.3 is 72.2 Å². The first-order chi connectivity index (χ1) is 15.2. The minimum Gasteiger partial charge on any atom is -1.00 e. The maximum absolute atomic E-state index is 10.6. The van der Waals surface area contributed by atoms with Crippen LogP contribution in [-0.4, -0.2) is 87.9 Å². The quantitative estimate of drug-likeness (QED) is 0.0578. The first-order valence-electron chi connectivity index (χ1n) is 9.26. The summed E-state index contributed by atoms with van der Waals surface area (Å²) in [4.78, 5) is 40.4. The van der Waals surface area contributed by atoms with Gasteiger partial charge in [-0.2, -0.15) is 50.5 Å². The number of nitrogens with two attached hydrogens (primary N) is 1. The number of carbonyl (C=O) groups is 4. The number of aliphatic carboxylic acids is 3. The molecule has 0 saturated heterocycles. The van der Waals surface area contributed by atoms with Crippen LogP contribution < -0.4 is 82.0 Å². The molecule has 11 N–H and O–H groups in total. The summed E-state index contributed by atoms with van der Waals surface area (Å²) in [6.45, 7) is 7.41. The maximum atomic E-state index is 10.6. The number of nitrogens with one attached hydrogen (secondary N) is 1. The van der Waals surface area contributed by atoms with E-state index in [0.29, 0.717) is 23.8 Å². The topological polar surface area (TPSA) is 234 Å². The first-order valence-corrected chi connectivity index (χ1v) is 11.8. The monoisotopic (exact) mass is 646 g/mol. The van der Waals surface area contributed by atoms with Crippen LogP contribution in [-0.2, 0) is 23.9 Å². The van der Waals surface area contributed by atoms with Gasteiger partial charge in [-0.15, -0.1) is 0 Å². The number of hydrogen-bond acceptors (Lipinski definition) is 12. The molecule has 0 aromatic heterocycles. The van der Waals surface area contributed by atoms with Gasteiger partial charge in [0.25, 0.3) is 0 Å². The second kappa shape index (κ2) is 35.3. The summed E-state index contributed by atoms with van der Waals surface area (Å²) >= 11 is 15.1. The van der Waals surface area contributed by atoms with Gasteiger partial charge in [-0.3, -0.25) is 0 Å². The van der Waals surface area contributed by atoms with E-state index in [1.54, 1.807) is 13.8 Å². The van der Waals surface area contributed by atoms with Crippen LogP contribution in [0.25, 0.3) is 0 Å². The number of thiol groups is 4. The summed E-state index contributed by atoms with van der Waals surface area (Å²) in [6.07, 6.45) is 0. The van der Waals surface area contributed by atoms with Gasteiger partial charge >= 0.3 is 47.5 Å². The summed E-state index contributed by atoms with van der Waals surface area (Å²) in [7, 11) is 0. The molecule has 0 saturated carbocycles. The molecule has 0 aliphatic heterocycles. The molecular weight excluding hydrogens is 610 g/mol. The number of esters is 1. The van der Waals surface area contributed by atoms with Gasteiger partial charge in [-0.25, -0.2) is 14.4 Å². The van der Waals surface area contributed by atoms with E-state index in [-0.39, 0.29) is 77.9 Å². The minimum atomic E-state index is -1.25. The van der Waals surface area contributed by atoms with Gasteiger partial charge in [0.2, 0.25) is 0 Å². The van der Waals surface area contributed by atoms with Crippen molar-refractivity contribution in [3.63, 3.8) is 0 Å². The van der Waals surface area contributed by atoms with Crippen LogP contribution in [0.1, 0.15) is 13.8 Å². The van der Waals surface area contributed by atoms with Crippen molar-refractivity contribution in [2.45, 2.75) is 38.0 Å². The van der Waals surface area contributed by atoms with Gasteiger partial charge in [0.1, 0.15) is 6.04 Å². The molecule has 0 aliphatic carbocycles. The van der Waals surface area contributed by atoms with Crippen molar-refractivity contribution in [3.05, 3.63) is 12.3 Å². The Labute approximate surface area is 268 Å². The van der Waals surface area contributed by atoms with Gasteiger partial charge in [0.15, 0.2) is 12.1 Å². The van der Waals surface area contributed by atoms with E-state index < -0.39 is 36.0 Å². The van der Waals surface area contributed by atoms with E-state index in [9.17, 15) is 24.3 Å². The molecule has 0 amide bonds. The Morgan fingerprint density at radius 3 is 1.50 bits per heavy atom. The number of rotatable bonds is 11. The van der Waals surface area contributed by atoms with Crippen LogP contribution in [0.5, 0.6) is 0 Å². The number of hydrogen-bond donors (Lipinski definition) is 10. The van der Waals surface area contributed by atoms with Crippen molar-refractivity contribution in [3.8, 4) is 0 Å². The molecule has 0 aliphatic rings. The molecule has 0 heterocycles. The predicted octanol–water partition coefficient (Wildman–Crippen LogP) is -12.8. The normalized spacial score (nSPS) is 11.8. The Balaban J connectivity index is -0.0000000613. The zero-order valence-electron chi connectivity index (χ0n) is 20.4. The Kier molecular flexibility index (Phi) is 51.6. The van der Waals surface area contributed by atoms with Crippen molar-refractivity contribution in [2.24, 2.45) is 5.73 Å². The van der Waals surface area contributed by atoms with E-state index in [4.69, 9.17) is 15.9 Å². The third-order valence-corrected chi connectivity index (χ3v) is 4.45. The van der Waals surface area contributed by atoms with Crippen LogP contribution in [0.3, 0.4) is 0 Å². The minimum absolute atomic E-state index is 0. The van der Waals surface area contributed by atoms with Crippen LogP contribution >= 0.6 is 50.5 Å². The third kappa shape index (κ3) is 38.8. The fourth-order valence-corrected chi connectivity index (χ4v) is 1.67. The molecule has 12 nitrogen and oxygen atoms in total. The number of quaternary nitrogens is 2. The Hall–Kier alpha value is 0.280. The molecule has 19 heteroatoms. The molecule has 0 rings (SSSR count). The summed E-state index contributed by atoms with van der Waals surface area (Å²) in [6, 6.07) is -2.44. The Bertz CT molecular complexity index is 585. The number of carboxylic acid groups (broad SMARTS) is 3. The molecule has 0 spiro atoms. The zero-order chi connectivity index (χ0) is 27.1. The predicted molar refractivity (Wildman–Crippen MR) is 135 cm³/mol. The summed E-state index contributed by atoms with van der Waals surface area (Å²) in [5.74, 6) is -2.19. The van der Waals surface area contributed by atoms with Gasteiger partial charge in [0, 0.05) is 17.2 Å². The maximum Gasteiger partial charge on any atom is 1.00 e. The van der Waals surface area contributed by atoms with E-state index in [2.05, 4.69) is 78.6 Å². The number of ether oxygens (including phenoxy) is 1. The van der Waals surface area contributed by atoms with Crippen molar-refractivity contribution in [2.75, 3.05) is 29.6 Å². The molecule has 36 heavy (non-hydrogen) atoms. The van der Waals surface area contributed by atoms with Crippen LogP contribution in [0.15, 0.2) is 12.3 Å². The molecule has 0 radical (unpaired) electrons. The smallest absolute Gasteiger partial charge is 1.00 e. The third-order valence-electron chi connectivity index (χ3n) is 2.81. The number of carbonyl (C=O) groups excluding carboxylic acids is 2. The van der Waals surface area contributed by atoms with Crippen LogP contribution in [0.4, 0.5) is 0 Å². The van der Waals surface area contributed by atoms with E-state index in [1.807, 2.05) is 0 Å². The molecule has 212 valence electrons. The SMILES string of the molecule is C=C(C)NC(CS)C(=O)O.CCOC(=O)C([NH3+])CS.NC(CS)C(=O)[O-].[Cl-].[Cl-].[NH3+]C(CS)C(=O)O.[Na+]. The molecular formula is C17H37Cl2N4NaO8S4. The summed E-state index contributed by atoms with van der Waals surface area (Å²) < 4.78 is 4.64. The molecule has 0 bridgehead atoms. The largest absolute Gasteiger partial charge is 1.00 e. The Morgan fingerprint density at radius 1 is 0.972 bits per heavy atom. The van der Waals surface area contributed by atoms with E-state index in [0.717, 1.165) is 0 Å².